The lowest BCUT2D eigenvalue weighted by Crippen LogP contribution is -2.34. The van der Waals surface area contributed by atoms with Crippen molar-refractivity contribution in [3.05, 3.63) is 42.1 Å². The minimum Gasteiger partial charge on any atom is -0.312 e. The van der Waals surface area contributed by atoms with Crippen LogP contribution < -0.4 is 5.32 Å². The number of para-hydroxylation sites is 1. The molecule has 2 fully saturated rings. The van der Waals surface area contributed by atoms with Gasteiger partial charge in [0, 0.05) is 36.8 Å². The lowest BCUT2D eigenvalue weighted by molar-refractivity contribution is 0.318. The molecule has 3 nitrogen and oxygen atoms in total. The van der Waals surface area contributed by atoms with Gasteiger partial charge in [0.05, 0.1) is 5.52 Å². The molecule has 1 aromatic heterocycles. The SMILES string of the molecule is c1cnc2c(CCNC3CCN(C4CC4)C3)cccc2c1. The molecule has 1 saturated heterocycles. The molecule has 1 N–H and O–H groups in total. The van der Waals surface area contributed by atoms with Gasteiger partial charge in [-0.05, 0) is 43.9 Å². The van der Waals surface area contributed by atoms with Gasteiger partial charge in [-0.15, -0.1) is 0 Å². The van der Waals surface area contributed by atoms with E-state index in [0.29, 0.717) is 6.04 Å². The van der Waals surface area contributed by atoms with E-state index in [2.05, 4.69) is 39.5 Å². The van der Waals surface area contributed by atoms with Gasteiger partial charge in [0.25, 0.3) is 0 Å². The Kier molecular flexibility index (Phi) is 3.62. The van der Waals surface area contributed by atoms with E-state index in [9.17, 15) is 0 Å². The highest BCUT2D eigenvalue weighted by molar-refractivity contribution is 5.81. The second kappa shape index (κ2) is 5.74. The summed E-state index contributed by atoms with van der Waals surface area (Å²) in [4.78, 5) is 7.20. The zero-order valence-corrected chi connectivity index (χ0v) is 12.5. The van der Waals surface area contributed by atoms with E-state index in [1.165, 1.54) is 43.3 Å². The van der Waals surface area contributed by atoms with Crippen LogP contribution in [-0.4, -0.2) is 41.6 Å². The third-order valence-electron chi connectivity index (χ3n) is 4.83. The predicted molar refractivity (Wildman–Crippen MR) is 86.4 cm³/mol. The number of benzene rings is 1. The number of hydrogen-bond donors (Lipinski definition) is 1. The fraction of sp³-hybridized carbons (Fsp3) is 0.500. The second-order valence-electron chi connectivity index (χ2n) is 6.41. The molecule has 2 aliphatic rings. The van der Waals surface area contributed by atoms with Gasteiger partial charge in [-0.25, -0.2) is 0 Å². The molecule has 1 aliphatic heterocycles. The zero-order chi connectivity index (χ0) is 14.1. The first-order valence-corrected chi connectivity index (χ1v) is 8.20. The number of fused-ring (bicyclic) bond motifs is 1. The summed E-state index contributed by atoms with van der Waals surface area (Å²) in [6.45, 7) is 3.59. The number of nitrogens with zero attached hydrogens (tertiary/aromatic N) is 2. The van der Waals surface area contributed by atoms with Crippen molar-refractivity contribution >= 4 is 10.9 Å². The standard InChI is InChI=1S/C18H23N3/c1-3-14-5-2-10-20-18(14)15(4-1)8-11-19-16-9-12-21(13-16)17-6-7-17/h1-5,10,16-17,19H,6-9,11-13H2. The van der Waals surface area contributed by atoms with Crippen LogP contribution in [0.15, 0.2) is 36.5 Å². The van der Waals surface area contributed by atoms with Crippen molar-refractivity contribution in [2.75, 3.05) is 19.6 Å². The van der Waals surface area contributed by atoms with Gasteiger partial charge in [0.1, 0.15) is 0 Å². The maximum atomic E-state index is 4.54. The molecule has 2 heterocycles. The summed E-state index contributed by atoms with van der Waals surface area (Å²) in [5.41, 5.74) is 2.52. The van der Waals surface area contributed by atoms with Crippen molar-refractivity contribution in [1.29, 1.82) is 0 Å². The molecule has 3 heteroatoms. The van der Waals surface area contributed by atoms with Crippen LogP contribution >= 0.6 is 0 Å². The Morgan fingerprint density at radius 3 is 2.95 bits per heavy atom. The topological polar surface area (TPSA) is 28.2 Å². The van der Waals surface area contributed by atoms with Crippen LogP contribution in [0, 0.1) is 0 Å². The highest BCUT2D eigenvalue weighted by Gasteiger charge is 2.33. The molecule has 0 radical (unpaired) electrons. The van der Waals surface area contributed by atoms with E-state index in [0.717, 1.165) is 24.5 Å². The minimum atomic E-state index is 0.688. The first-order valence-electron chi connectivity index (χ1n) is 8.20. The van der Waals surface area contributed by atoms with Gasteiger partial charge >= 0.3 is 0 Å². The first-order chi connectivity index (χ1) is 10.4. The fourth-order valence-electron chi connectivity index (χ4n) is 3.51. The van der Waals surface area contributed by atoms with E-state index in [-0.39, 0.29) is 0 Å². The second-order valence-corrected chi connectivity index (χ2v) is 6.41. The molecule has 21 heavy (non-hydrogen) atoms. The van der Waals surface area contributed by atoms with E-state index < -0.39 is 0 Å². The Hall–Kier alpha value is -1.45. The van der Waals surface area contributed by atoms with Crippen molar-refractivity contribution in [3.8, 4) is 0 Å². The Bertz CT molecular complexity index is 615. The molecular formula is C18H23N3. The third-order valence-corrected chi connectivity index (χ3v) is 4.83. The summed E-state index contributed by atoms with van der Waals surface area (Å²) < 4.78 is 0. The zero-order valence-electron chi connectivity index (χ0n) is 12.5. The Labute approximate surface area is 126 Å². The lowest BCUT2D eigenvalue weighted by Gasteiger charge is -2.16. The number of likely N-dealkylation sites (tertiary alicyclic amines) is 1. The van der Waals surface area contributed by atoms with Crippen LogP contribution in [0.25, 0.3) is 10.9 Å². The highest BCUT2D eigenvalue weighted by atomic mass is 15.2. The van der Waals surface area contributed by atoms with Crippen LogP contribution in [0.4, 0.5) is 0 Å². The number of hydrogen-bond acceptors (Lipinski definition) is 3. The quantitative estimate of drug-likeness (QED) is 0.913. The van der Waals surface area contributed by atoms with Crippen LogP contribution in [0.2, 0.25) is 0 Å². The van der Waals surface area contributed by atoms with Crippen molar-refractivity contribution in [3.63, 3.8) is 0 Å². The Morgan fingerprint density at radius 2 is 2.05 bits per heavy atom. The van der Waals surface area contributed by atoms with Crippen molar-refractivity contribution in [2.45, 2.75) is 37.8 Å². The molecule has 0 amide bonds. The Balaban J connectivity index is 1.34. The fourth-order valence-corrected chi connectivity index (χ4v) is 3.51. The molecule has 1 unspecified atom stereocenters. The van der Waals surface area contributed by atoms with Crippen molar-refractivity contribution in [1.82, 2.24) is 15.2 Å². The third kappa shape index (κ3) is 2.94. The molecule has 1 atom stereocenters. The van der Waals surface area contributed by atoms with Crippen LogP contribution in [0.1, 0.15) is 24.8 Å². The van der Waals surface area contributed by atoms with Crippen LogP contribution in [-0.2, 0) is 6.42 Å². The van der Waals surface area contributed by atoms with Gasteiger partial charge in [0.15, 0.2) is 0 Å². The van der Waals surface area contributed by atoms with Crippen LogP contribution in [0.3, 0.4) is 0 Å². The van der Waals surface area contributed by atoms with E-state index in [1.807, 2.05) is 12.3 Å². The van der Waals surface area contributed by atoms with Gasteiger partial charge in [-0.1, -0.05) is 24.3 Å². The Morgan fingerprint density at radius 1 is 1.14 bits per heavy atom. The van der Waals surface area contributed by atoms with Gasteiger partial charge in [-0.2, -0.15) is 0 Å². The summed E-state index contributed by atoms with van der Waals surface area (Å²) in [6.07, 6.45) is 7.12. The largest absolute Gasteiger partial charge is 0.312 e. The molecular weight excluding hydrogens is 258 g/mol. The van der Waals surface area contributed by atoms with E-state index in [1.54, 1.807) is 0 Å². The molecule has 0 bridgehead atoms. The molecule has 2 aromatic rings. The number of aromatic nitrogens is 1. The molecule has 110 valence electrons. The van der Waals surface area contributed by atoms with Gasteiger partial charge in [0.2, 0.25) is 0 Å². The normalized spacial score (nSPS) is 23.0. The molecule has 0 spiro atoms. The monoisotopic (exact) mass is 281 g/mol. The van der Waals surface area contributed by atoms with E-state index >= 15 is 0 Å². The number of pyridine rings is 1. The van der Waals surface area contributed by atoms with Crippen molar-refractivity contribution in [2.24, 2.45) is 0 Å². The maximum Gasteiger partial charge on any atom is 0.0734 e. The lowest BCUT2D eigenvalue weighted by atomic mass is 10.1. The summed E-state index contributed by atoms with van der Waals surface area (Å²) in [5, 5.41) is 4.98. The number of nitrogens with one attached hydrogen (secondary N) is 1. The number of rotatable bonds is 5. The minimum absolute atomic E-state index is 0.688. The molecule has 1 aliphatic carbocycles. The summed E-state index contributed by atoms with van der Waals surface area (Å²) in [7, 11) is 0. The molecule has 4 rings (SSSR count). The van der Waals surface area contributed by atoms with Crippen molar-refractivity contribution < 1.29 is 0 Å². The molecule has 1 aromatic carbocycles. The summed E-state index contributed by atoms with van der Waals surface area (Å²) in [6, 6.07) is 12.3. The smallest absolute Gasteiger partial charge is 0.0734 e. The van der Waals surface area contributed by atoms with Gasteiger partial charge in [-0.3, -0.25) is 9.88 Å². The van der Waals surface area contributed by atoms with E-state index in [4.69, 9.17) is 0 Å². The average Bonchev–Trinajstić information content (AvgIpc) is 3.27. The average molecular weight is 281 g/mol. The first kappa shape index (κ1) is 13.2. The summed E-state index contributed by atoms with van der Waals surface area (Å²) >= 11 is 0. The highest BCUT2D eigenvalue weighted by Crippen LogP contribution is 2.29. The van der Waals surface area contributed by atoms with Gasteiger partial charge < -0.3 is 5.32 Å². The molecule has 1 saturated carbocycles. The maximum absolute atomic E-state index is 4.54. The predicted octanol–water partition coefficient (Wildman–Crippen LogP) is 2.60. The van der Waals surface area contributed by atoms with Crippen LogP contribution in [0.5, 0.6) is 0 Å². The summed E-state index contributed by atoms with van der Waals surface area (Å²) in [5.74, 6) is 0.